The number of benzene rings is 1. The number of carbonyl (C=O) groups is 1. The molecule has 0 fully saturated rings. The van der Waals surface area contributed by atoms with E-state index in [9.17, 15) is 4.79 Å². The molecule has 0 aliphatic rings. The number of ether oxygens (including phenoxy) is 1. The molecular formula is C23H34IN5O2. The zero-order valence-electron chi connectivity index (χ0n) is 19.0. The minimum atomic E-state index is -0.515. The van der Waals surface area contributed by atoms with Crippen LogP contribution in [-0.4, -0.2) is 42.8 Å². The fraction of sp³-hybridized carbons (Fsp3) is 0.435. The molecular weight excluding hydrogens is 505 g/mol. The largest absolute Gasteiger partial charge is 0.444 e. The molecule has 0 unspecified atom stereocenters. The van der Waals surface area contributed by atoms with Gasteiger partial charge in [-0.1, -0.05) is 18.2 Å². The number of rotatable bonds is 7. The molecule has 0 aliphatic heterocycles. The minimum Gasteiger partial charge on any atom is -0.444 e. The third-order valence-corrected chi connectivity index (χ3v) is 4.21. The number of carbonyl (C=O) groups excluding carboxylic acids is 1. The first kappa shape index (κ1) is 26.7. The second-order valence-electron chi connectivity index (χ2n) is 8.06. The van der Waals surface area contributed by atoms with Crippen LogP contribution in [0.25, 0.3) is 0 Å². The Balaban J connectivity index is 0.00000480. The first-order valence-corrected chi connectivity index (χ1v) is 10.2. The number of aromatic nitrogens is 1. The van der Waals surface area contributed by atoms with Gasteiger partial charge in [-0.15, -0.1) is 24.0 Å². The minimum absolute atomic E-state index is 0. The smallest absolute Gasteiger partial charge is 0.412 e. The number of anilines is 1. The van der Waals surface area contributed by atoms with Crippen LogP contribution >= 0.6 is 24.0 Å². The van der Waals surface area contributed by atoms with Crippen LogP contribution in [0.3, 0.4) is 0 Å². The number of aliphatic imine (C=N–C) groups is 1. The molecule has 0 atom stereocenters. The van der Waals surface area contributed by atoms with Gasteiger partial charge in [0.2, 0.25) is 0 Å². The normalized spacial score (nSPS) is 11.3. The molecule has 0 saturated carbocycles. The number of guanidine groups is 1. The van der Waals surface area contributed by atoms with Gasteiger partial charge in [-0.3, -0.25) is 15.3 Å². The molecule has 0 radical (unpaired) electrons. The molecule has 2 rings (SSSR count). The molecule has 8 heteroatoms. The van der Waals surface area contributed by atoms with E-state index in [-0.39, 0.29) is 24.0 Å². The number of nitrogens with one attached hydrogen (secondary N) is 3. The molecule has 1 heterocycles. The summed E-state index contributed by atoms with van der Waals surface area (Å²) in [5.41, 5.74) is 3.59. The number of nitrogens with zero attached hydrogens (tertiary/aromatic N) is 2. The van der Waals surface area contributed by atoms with E-state index in [1.54, 1.807) is 7.05 Å². The van der Waals surface area contributed by atoms with Crippen molar-refractivity contribution in [2.24, 2.45) is 4.99 Å². The van der Waals surface area contributed by atoms with Crippen molar-refractivity contribution in [3.63, 3.8) is 0 Å². The summed E-state index contributed by atoms with van der Waals surface area (Å²) in [6, 6.07) is 11.9. The number of pyridine rings is 1. The van der Waals surface area contributed by atoms with Crippen LogP contribution in [0.5, 0.6) is 0 Å². The van der Waals surface area contributed by atoms with Gasteiger partial charge in [0.05, 0.1) is 0 Å². The van der Waals surface area contributed by atoms with Crippen molar-refractivity contribution >= 4 is 41.7 Å². The van der Waals surface area contributed by atoms with Gasteiger partial charge in [-0.05, 0) is 69.9 Å². The Morgan fingerprint density at radius 3 is 2.10 bits per heavy atom. The van der Waals surface area contributed by atoms with Crippen molar-refractivity contribution in [3.8, 4) is 0 Å². The number of hydrogen-bond acceptors (Lipinski definition) is 4. The van der Waals surface area contributed by atoms with E-state index < -0.39 is 11.7 Å². The predicted octanol–water partition coefficient (Wildman–Crippen LogP) is 4.31. The molecule has 0 aliphatic carbocycles. The maximum atomic E-state index is 11.8. The number of aryl methyl sites for hydroxylation is 1. The van der Waals surface area contributed by atoms with Gasteiger partial charge < -0.3 is 15.4 Å². The third-order valence-electron chi connectivity index (χ3n) is 4.21. The summed E-state index contributed by atoms with van der Waals surface area (Å²) in [5.74, 6) is 0.776. The van der Waals surface area contributed by atoms with Crippen molar-refractivity contribution in [1.29, 1.82) is 0 Å². The highest BCUT2D eigenvalue weighted by atomic mass is 127. The van der Waals surface area contributed by atoms with Crippen molar-refractivity contribution in [1.82, 2.24) is 15.6 Å². The summed E-state index contributed by atoms with van der Waals surface area (Å²) in [7, 11) is 1.76. The van der Waals surface area contributed by atoms with E-state index >= 15 is 0 Å². The van der Waals surface area contributed by atoms with Crippen molar-refractivity contribution in [3.05, 3.63) is 59.4 Å². The molecule has 1 aromatic heterocycles. The van der Waals surface area contributed by atoms with Gasteiger partial charge >= 0.3 is 6.09 Å². The molecule has 0 spiro atoms. The molecule has 170 valence electrons. The second-order valence-corrected chi connectivity index (χ2v) is 8.06. The summed E-state index contributed by atoms with van der Waals surface area (Å²) in [4.78, 5) is 20.4. The van der Waals surface area contributed by atoms with Gasteiger partial charge in [0.15, 0.2) is 5.96 Å². The van der Waals surface area contributed by atoms with Crippen molar-refractivity contribution in [2.45, 2.75) is 46.1 Å². The molecule has 1 aromatic carbocycles. The first-order valence-electron chi connectivity index (χ1n) is 10.2. The molecule has 3 N–H and O–H groups in total. The van der Waals surface area contributed by atoms with Crippen LogP contribution in [0, 0.1) is 6.92 Å². The lowest BCUT2D eigenvalue weighted by molar-refractivity contribution is 0.0636. The predicted molar refractivity (Wildman–Crippen MR) is 137 cm³/mol. The average Bonchev–Trinajstić information content (AvgIpc) is 2.68. The van der Waals surface area contributed by atoms with Crippen LogP contribution in [0.1, 0.15) is 37.6 Å². The first-order chi connectivity index (χ1) is 14.2. The van der Waals surface area contributed by atoms with Crippen LogP contribution in [0.4, 0.5) is 10.5 Å². The van der Waals surface area contributed by atoms with Gasteiger partial charge in [0.1, 0.15) is 5.60 Å². The van der Waals surface area contributed by atoms with Crippen molar-refractivity contribution in [2.75, 3.05) is 25.5 Å². The van der Waals surface area contributed by atoms with E-state index in [4.69, 9.17) is 4.74 Å². The van der Waals surface area contributed by atoms with Crippen molar-refractivity contribution < 1.29 is 9.53 Å². The van der Waals surface area contributed by atoms with E-state index in [1.807, 2.05) is 64.2 Å². The maximum absolute atomic E-state index is 11.8. The SMILES string of the molecule is CN=C(NCCc1ccc(NC(=O)OC(C)(C)C)cc1)NCCc1ccc(C)nc1.I. The van der Waals surface area contributed by atoms with Crippen LogP contribution in [0.15, 0.2) is 47.6 Å². The highest BCUT2D eigenvalue weighted by Gasteiger charge is 2.16. The lowest BCUT2D eigenvalue weighted by Crippen LogP contribution is -2.39. The van der Waals surface area contributed by atoms with Gasteiger partial charge in [-0.2, -0.15) is 0 Å². The Morgan fingerprint density at radius 1 is 1.00 bits per heavy atom. The van der Waals surface area contributed by atoms with Crippen LogP contribution < -0.4 is 16.0 Å². The zero-order valence-corrected chi connectivity index (χ0v) is 21.3. The van der Waals surface area contributed by atoms with E-state index in [0.717, 1.165) is 37.6 Å². The average molecular weight is 539 g/mol. The summed E-state index contributed by atoms with van der Waals surface area (Å²) >= 11 is 0. The Morgan fingerprint density at radius 2 is 1.58 bits per heavy atom. The maximum Gasteiger partial charge on any atom is 0.412 e. The number of amides is 1. The fourth-order valence-electron chi connectivity index (χ4n) is 2.69. The topological polar surface area (TPSA) is 87.6 Å². The van der Waals surface area contributed by atoms with Crippen LogP contribution in [-0.2, 0) is 17.6 Å². The molecule has 7 nitrogen and oxygen atoms in total. The number of halogens is 1. The van der Waals surface area contributed by atoms with E-state index in [2.05, 4.69) is 32.0 Å². The Kier molecular flexibility index (Phi) is 11.3. The number of hydrogen-bond donors (Lipinski definition) is 3. The van der Waals surface area contributed by atoms with E-state index in [1.165, 1.54) is 11.1 Å². The molecule has 31 heavy (non-hydrogen) atoms. The molecule has 0 saturated heterocycles. The Labute approximate surface area is 202 Å². The monoisotopic (exact) mass is 539 g/mol. The highest BCUT2D eigenvalue weighted by Crippen LogP contribution is 2.13. The Hall–Kier alpha value is -2.36. The lowest BCUT2D eigenvalue weighted by Gasteiger charge is -2.19. The second kappa shape index (κ2) is 13.1. The summed E-state index contributed by atoms with van der Waals surface area (Å²) in [6.07, 6.45) is 3.19. The lowest BCUT2D eigenvalue weighted by atomic mass is 10.1. The van der Waals surface area contributed by atoms with Crippen LogP contribution in [0.2, 0.25) is 0 Å². The van der Waals surface area contributed by atoms with Gasteiger partial charge in [0, 0.05) is 37.7 Å². The summed E-state index contributed by atoms with van der Waals surface area (Å²) in [5, 5.41) is 9.38. The molecule has 0 bridgehead atoms. The van der Waals surface area contributed by atoms with Gasteiger partial charge in [-0.25, -0.2) is 4.79 Å². The standard InChI is InChI=1S/C23H33N5O2.HI/c1-17-6-7-19(16-27-17)13-15-26-21(24-5)25-14-12-18-8-10-20(11-9-18)28-22(29)30-23(2,3)4;/h6-11,16H,12-15H2,1-5H3,(H,28,29)(H2,24,25,26);1H. The quantitative estimate of drug-likeness (QED) is 0.278. The van der Waals surface area contributed by atoms with E-state index in [0.29, 0.717) is 5.69 Å². The zero-order chi connectivity index (χ0) is 22.0. The summed E-state index contributed by atoms with van der Waals surface area (Å²) in [6.45, 7) is 9.04. The molecule has 2 aromatic rings. The third kappa shape index (κ3) is 11.0. The highest BCUT2D eigenvalue weighted by molar-refractivity contribution is 14.0. The molecule has 1 amide bonds. The fourth-order valence-corrected chi connectivity index (χ4v) is 2.69. The summed E-state index contributed by atoms with van der Waals surface area (Å²) < 4.78 is 5.26. The van der Waals surface area contributed by atoms with Gasteiger partial charge in [0.25, 0.3) is 0 Å². The Bertz CT molecular complexity index is 831.